The van der Waals surface area contributed by atoms with Crippen LogP contribution in [0.15, 0.2) is 65.8 Å². The highest BCUT2D eigenvalue weighted by Crippen LogP contribution is 2.29. The second-order valence-electron chi connectivity index (χ2n) is 6.33. The molecule has 29 heavy (non-hydrogen) atoms. The van der Waals surface area contributed by atoms with E-state index in [4.69, 9.17) is 4.74 Å². The molecule has 2 aromatic carbocycles. The fourth-order valence-corrected chi connectivity index (χ4v) is 3.70. The van der Waals surface area contributed by atoms with Crippen LogP contribution in [0.2, 0.25) is 0 Å². The number of hydrogen-bond acceptors (Lipinski definition) is 5. The van der Waals surface area contributed by atoms with Crippen LogP contribution in [0.1, 0.15) is 17.3 Å². The number of ether oxygens (including phenoxy) is 1. The maximum Gasteiger partial charge on any atom is 0.255 e. The van der Waals surface area contributed by atoms with Gasteiger partial charge in [-0.15, -0.1) is 0 Å². The van der Waals surface area contributed by atoms with E-state index < -0.39 is 10.0 Å². The molecule has 1 aromatic heterocycles. The van der Waals surface area contributed by atoms with Crippen LogP contribution in [0, 0.1) is 0 Å². The molecule has 1 N–H and O–H groups in total. The summed E-state index contributed by atoms with van der Waals surface area (Å²) in [5, 5.41) is 6.88. The van der Waals surface area contributed by atoms with Gasteiger partial charge < -0.3 is 10.1 Å². The number of carbonyl (C=O) groups is 1. The van der Waals surface area contributed by atoms with Crippen LogP contribution in [-0.4, -0.2) is 49.1 Å². The minimum atomic E-state index is -3.74. The second kappa shape index (κ2) is 8.46. The molecule has 8 nitrogen and oxygen atoms in total. The molecule has 1 amide bonds. The van der Waals surface area contributed by atoms with Gasteiger partial charge in [0.25, 0.3) is 5.91 Å². The van der Waals surface area contributed by atoms with Crippen LogP contribution >= 0.6 is 0 Å². The van der Waals surface area contributed by atoms with Crippen molar-refractivity contribution in [3.05, 3.63) is 66.5 Å². The third-order valence-corrected chi connectivity index (χ3v) is 5.99. The summed E-state index contributed by atoms with van der Waals surface area (Å²) in [6.07, 6.45) is 3.48. The number of benzene rings is 2. The molecule has 0 aliphatic rings. The fraction of sp³-hybridized carbons (Fsp3) is 0.200. The zero-order valence-corrected chi connectivity index (χ0v) is 17.2. The van der Waals surface area contributed by atoms with Gasteiger partial charge in [0.15, 0.2) is 0 Å². The van der Waals surface area contributed by atoms with Gasteiger partial charge in [0.2, 0.25) is 10.0 Å². The van der Waals surface area contributed by atoms with Crippen LogP contribution in [-0.2, 0) is 10.0 Å². The van der Waals surface area contributed by atoms with Crippen molar-refractivity contribution in [2.45, 2.75) is 11.8 Å². The predicted octanol–water partition coefficient (Wildman–Crippen LogP) is 2.77. The molecule has 9 heteroatoms. The predicted molar refractivity (Wildman–Crippen MR) is 110 cm³/mol. The third kappa shape index (κ3) is 4.47. The van der Waals surface area contributed by atoms with Gasteiger partial charge in [-0.1, -0.05) is 0 Å². The van der Waals surface area contributed by atoms with E-state index in [1.54, 1.807) is 48.1 Å². The van der Waals surface area contributed by atoms with Crippen molar-refractivity contribution in [1.29, 1.82) is 0 Å². The Kier molecular flexibility index (Phi) is 6.00. The molecule has 3 rings (SSSR count). The van der Waals surface area contributed by atoms with E-state index >= 15 is 0 Å². The summed E-state index contributed by atoms with van der Waals surface area (Å²) in [4.78, 5) is 12.6. The van der Waals surface area contributed by atoms with Gasteiger partial charge in [-0.3, -0.25) is 4.79 Å². The molecule has 0 spiro atoms. The Morgan fingerprint density at radius 3 is 2.48 bits per heavy atom. The van der Waals surface area contributed by atoms with Gasteiger partial charge in [-0.2, -0.15) is 5.10 Å². The molecular formula is C20H22N4O4S. The minimum Gasteiger partial charge on any atom is -0.492 e. The first kappa shape index (κ1) is 20.6. The second-order valence-corrected chi connectivity index (χ2v) is 8.45. The van der Waals surface area contributed by atoms with E-state index in [0.717, 1.165) is 9.99 Å². The summed E-state index contributed by atoms with van der Waals surface area (Å²) in [5.41, 5.74) is 1.62. The molecule has 0 fully saturated rings. The van der Waals surface area contributed by atoms with Crippen molar-refractivity contribution < 1.29 is 17.9 Å². The maximum atomic E-state index is 12.6. The van der Waals surface area contributed by atoms with E-state index in [0.29, 0.717) is 17.9 Å². The lowest BCUT2D eigenvalue weighted by molar-refractivity contribution is 0.102. The van der Waals surface area contributed by atoms with Gasteiger partial charge >= 0.3 is 0 Å². The summed E-state index contributed by atoms with van der Waals surface area (Å²) in [6.45, 7) is 2.10. The number of nitrogens with zero attached hydrogens (tertiary/aromatic N) is 3. The third-order valence-electron chi connectivity index (χ3n) is 4.16. The topological polar surface area (TPSA) is 93.5 Å². The Labute approximate surface area is 169 Å². The Morgan fingerprint density at radius 1 is 1.17 bits per heavy atom. The Hall–Kier alpha value is -3.17. The first-order chi connectivity index (χ1) is 13.8. The summed E-state index contributed by atoms with van der Waals surface area (Å²) >= 11 is 0. The molecule has 0 aliphatic carbocycles. The van der Waals surface area contributed by atoms with Crippen LogP contribution in [0.5, 0.6) is 5.75 Å². The van der Waals surface area contributed by atoms with Crippen molar-refractivity contribution in [2.24, 2.45) is 0 Å². The average Bonchev–Trinajstić information content (AvgIpc) is 3.24. The lowest BCUT2D eigenvalue weighted by atomic mass is 10.2. The average molecular weight is 414 g/mol. The number of nitrogens with one attached hydrogen (secondary N) is 1. The number of anilines is 1. The fourth-order valence-electron chi connectivity index (χ4n) is 2.65. The van der Waals surface area contributed by atoms with Crippen LogP contribution in [0.25, 0.3) is 5.69 Å². The SMILES string of the molecule is CCOc1ccc(NC(=O)c2ccc(-n3cccn3)cc2)cc1S(=O)(=O)N(C)C. The highest BCUT2D eigenvalue weighted by molar-refractivity contribution is 7.89. The molecule has 1 heterocycles. The van der Waals surface area contributed by atoms with Gasteiger partial charge in [-0.25, -0.2) is 17.4 Å². The Bertz CT molecular complexity index is 1090. The number of sulfonamides is 1. The van der Waals surface area contributed by atoms with Crippen molar-refractivity contribution in [3.63, 3.8) is 0 Å². The maximum absolute atomic E-state index is 12.6. The number of aromatic nitrogens is 2. The monoisotopic (exact) mass is 414 g/mol. The molecular weight excluding hydrogens is 392 g/mol. The van der Waals surface area contributed by atoms with E-state index in [-0.39, 0.29) is 16.6 Å². The molecule has 0 saturated carbocycles. The lowest BCUT2D eigenvalue weighted by Gasteiger charge is -2.16. The first-order valence-corrected chi connectivity index (χ1v) is 10.4. The summed E-state index contributed by atoms with van der Waals surface area (Å²) < 4.78 is 33.4. The van der Waals surface area contributed by atoms with Crippen LogP contribution in [0.3, 0.4) is 0 Å². The number of hydrogen-bond donors (Lipinski definition) is 1. The zero-order chi connectivity index (χ0) is 21.0. The smallest absolute Gasteiger partial charge is 0.255 e. The van der Waals surface area contributed by atoms with Crippen LogP contribution < -0.4 is 10.1 Å². The lowest BCUT2D eigenvalue weighted by Crippen LogP contribution is -2.23. The van der Waals surface area contributed by atoms with Crippen molar-refractivity contribution in [3.8, 4) is 11.4 Å². The summed E-state index contributed by atoms with van der Waals surface area (Å²) in [6, 6.07) is 13.3. The molecule has 0 unspecified atom stereocenters. The molecule has 152 valence electrons. The van der Waals surface area contributed by atoms with E-state index in [1.807, 2.05) is 12.3 Å². The molecule has 0 aliphatic heterocycles. The number of rotatable bonds is 7. The van der Waals surface area contributed by atoms with Crippen LogP contribution in [0.4, 0.5) is 5.69 Å². The van der Waals surface area contributed by atoms with Gasteiger partial charge in [0, 0.05) is 37.7 Å². The minimum absolute atomic E-state index is 0.00354. The molecule has 0 bridgehead atoms. The molecule has 0 atom stereocenters. The number of amides is 1. The standard InChI is InChI=1S/C20H22N4O4S/c1-4-28-18-11-8-16(14-19(18)29(26,27)23(2)3)22-20(25)15-6-9-17(10-7-15)24-13-5-12-21-24/h5-14H,4H2,1-3H3,(H,22,25). The first-order valence-electron chi connectivity index (χ1n) is 8.93. The van der Waals surface area contributed by atoms with Crippen molar-refractivity contribution >= 4 is 21.6 Å². The Morgan fingerprint density at radius 2 is 1.90 bits per heavy atom. The quantitative estimate of drug-likeness (QED) is 0.642. The molecule has 3 aromatic rings. The number of carbonyl (C=O) groups excluding carboxylic acids is 1. The molecule has 0 saturated heterocycles. The van der Waals surface area contributed by atoms with E-state index in [1.165, 1.54) is 26.2 Å². The summed E-state index contributed by atoms with van der Waals surface area (Å²) in [7, 11) is -0.852. The van der Waals surface area contributed by atoms with E-state index in [9.17, 15) is 13.2 Å². The summed E-state index contributed by atoms with van der Waals surface area (Å²) in [5.74, 6) is -0.114. The van der Waals surface area contributed by atoms with Gasteiger partial charge in [0.1, 0.15) is 10.6 Å². The highest BCUT2D eigenvalue weighted by atomic mass is 32.2. The zero-order valence-electron chi connectivity index (χ0n) is 16.4. The molecule has 0 radical (unpaired) electrons. The van der Waals surface area contributed by atoms with E-state index in [2.05, 4.69) is 10.4 Å². The van der Waals surface area contributed by atoms with Gasteiger partial charge in [0.05, 0.1) is 12.3 Å². The largest absolute Gasteiger partial charge is 0.492 e. The Balaban J connectivity index is 1.85. The van der Waals surface area contributed by atoms with Crippen molar-refractivity contribution in [1.82, 2.24) is 14.1 Å². The van der Waals surface area contributed by atoms with Gasteiger partial charge in [-0.05, 0) is 55.5 Å². The normalized spacial score (nSPS) is 11.4. The van der Waals surface area contributed by atoms with Crippen molar-refractivity contribution in [2.75, 3.05) is 26.0 Å². The highest BCUT2D eigenvalue weighted by Gasteiger charge is 2.23.